The molecule has 2 heterocycles. The van der Waals surface area contributed by atoms with E-state index in [9.17, 15) is 14.4 Å². The number of alkyl halides is 2. The number of hydrogen-bond acceptors (Lipinski definition) is 4. The summed E-state index contributed by atoms with van der Waals surface area (Å²) < 4.78 is 3.92. The van der Waals surface area contributed by atoms with Crippen LogP contribution in [0.1, 0.15) is 53.7 Å². The molecule has 0 aromatic carbocycles. The lowest BCUT2D eigenvalue weighted by atomic mass is 9.96. The third-order valence-electron chi connectivity index (χ3n) is 4.61. The summed E-state index contributed by atoms with van der Waals surface area (Å²) in [5.74, 6) is -0.590. The number of amides is 2. The normalized spacial score (nSPS) is 19.7. The molecule has 1 N–H and O–H groups in total. The molecule has 1 aliphatic carbocycles. The smallest absolute Gasteiger partial charge is 0.410 e. The van der Waals surface area contributed by atoms with Gasteiger partial charge in [0.15, 0.2) is 4.33 Å². The molecule has 0 spiro atoms. The number of aromatic amines is 1. The summed E-state index contributed by atoms with van der Waals surface area (Å²) >= 11 is 12.1. The van der Waals surface area contributed by atoms with Crippen molar-refractivity contribution in [2.24, 2.45) is 0 Å². The minimum absolute atomic E-state index is 0.212. The Bertz CT molecular complexity index is 774. The van der Waals surface area contributed by atoms with E-state index >= 15 is 0 Å². The Labute approximate surface area is 167 Å². The molecular weight excluding hydrogens is 393 g/mol. The number of H-pyrrole nitrogens is 1. The van der Waals surface area contributed by atoms with Crippen LogP contribution in [0.25, 0.3) is 0 Å². The summed E-state index contributed by atoms with van der Waals surface area (Å²) in [7, 11) is 0. The van der Waals surface area contributed by atoms with Gasteiger partial charge in [0, 0.05) is 37.4 Å². The molecule has 0 bridgehead atoms. The first-order valence-corrected chi connectivity index (χ1v) is 9.65. The van der Waals surface area contributed by atoms with Crippen LogP contribution in [0.15, 0.2) is 6.07 Å². The van der Waals surface area contributed by atoms with Gasteiger partial charge in [0.25, 0.3) is 5.91 Å². The lowest BCUT2D eigenvalue weighted by Crippen LogP contribution is -2.51. The molecule has 1 aromatic rings. The number of nitrogens with one attached hydrogen (secondary N) is 1. The predicted octanol–water partition coefficient (Wildman–Crippen LogP) is 3.01. The van der Waals surface area contributed by atoms with Crippen LogP contribution in [-0.4, -0.2) is 68.7 Å². The predicted molar refractivity (Wildman–Crippen MR) is 102 cm³/mol. The Morgan fingerprint density at radius 2 is 1.74 bits per heavy atom. The van der Waals surface area contributed by atoms with Crippen LogP contribution in [0, 0.1) is 0 Å². The number of hydrogen-bond donors (Lipinski definition) is 1. The molecule has 0 saturated carbocycles. The van der Waals surface area contributed by atoms with Gasteiger partial charge in [0.2, 0.25) is 5.78 Å². The number of nitrogens with zero attached hydrogens (tertiary/aromatic N) is 2. The van der Waals surface area contributed by atoms with Crippen molar-refractivity contribution in [3.8, 4) is 0 Å². The van der Waals surface area contributed by atoms with Gasteiger partial charge in [-0.05, 0) is 39.7 Å². The number of ether oxygens (including phenoxy) is 1. The second-order valence-electron chi connectivity index (χ2n) is 7.87. The number of halogens is 2. The van der Waals surface area contributed by atoms with Gasteiger partial charge in [-0.1, -0.05) is 23.2 Å². The molecule has 3 rings (SSSR count). The highest BCUT2D eigenvalue weighted by Crippen LogP contribution is 2.37. The molecule has 2 aliphatic rings. The van der Waals surface area contributed by atoms with E-state index in [1.807, 2.05) is 20.8 Å². The number of carbonyl (C=O) groups is 3. The SMILES string of the molecule is CC(C)(C)OC(=O)N1CCN(C(=O)c2cc3c([nH]2)CCC(Cl)(Cl)C3=O)CC1. The first kappa shape index (κ1) is 20.0. The molecule has 148 valence electrons. The summed E-state index contributed by atoms with van der Waals surface area (Å²) in [6.45, 7) is 7.02. The molecular formula is C18H23Cl2N3O4. The van der Waals surface area contributed by atoms with Gasteiger partial charge < -0.3 is 19.5 Å². The van der Waals surface area contributed by atoms with E-state index in [0.717, 1.165) is 0 Å². The van der Waals surface area contributed by atoms with Crippen molar-refractivity contribution < 1.29 is 19.1 Å². The van der Waals surface area contributed by atoms with Crippen LogP contribution >= 0.6 is 23.2 Å². The summed E-state index contributed by atoms with van der Waals surface area (Å²) in [6, 6.07) is 1.53. The van der Waals surface area contributed by atoms with E-state index in [-0.39, 0.29) is 17.8 Å². The summed E-state index contributed by atoms with van der Waals surface area (Å²) in [5.41, 5.74) is 0.847. The Balaban J connectivity index is 1.64. The van der Waals surface area contributed by atoms with E-state index in [2.05, 4.69) is 4.98 Å². The minimum Gasteiger partial charge on any atom is -0.444 e. The van der Waals surface area contributed by atoms with Crippen LogP contribution in [0.5, 0.6) is 0 Å². The van der Waals surface area contributed by atoms with Crippen molar-refractivity contribution in [3.05, 3.63) is 23.0 Å². The first-order valence-electron chi connectivity index (χ1n) is 8.90. The molecule has 0 atom stereocenters. The number of carbonyl (C=O) groups excluding carboxylic acids is 3. The van der Waals surface area contributed by atoms with Gasteiger partial charge in [-0.3, -0.25) is 9.59 Å². The van der Waals surface area contributed by atoms with Gasteiger partial charge in [-0.15, -0.1) is 0 Å². The van der Waals surface area contributed by atoms with E-state index < -0.39 is 9.93 Å². The highest BCUT2D eigenvalue weighted by Gasteiger charge is 2.41. The highest BCUT2D eigenvalue weighted by atomic mass is 35.5. The maximum absolute atomic E-state index is 12.8. The Kier molecular flexibility index (Phi) is 5.20. The van der Waals surface area contributed by atoms with Crippen LogP contribution in [0.2, 0.25) is 0 Å². The van der Waals surface area contributed by atoms with E-state index in [1.54, 1.807) is 9.80 Å². The average Bonchev–Trinajstić information content (AvgIpc) is 3.01. The molecule has 1 saturated heterocycles. The number of fused-ring (bicyclic) bond motifs is 1. The molecule has 1 aliphatic heterocycles. The van der Waals surface area contributed by atoms with Gasteiger partial charge in [0.05, 0.1) is 0 Å². The Morgan fingerprint density at radius 1 is 1.15 bits per heavy atom. The van der Waals surface area contributed by atoms with E-state index in [1.165, 1.54) is 6.07 Å². The van der Waals surface area contributed by atoms with Crippen molar-refractivity contribution in [3.63, 3.8) is 0 Å². The second-order valence-corrected chi connectivity index (χ2v) is 9.35. The largest absolute Gasteiger partial charge is 0.444 e. The number of Topliss-reactive ketones (excluding diaryl/α,β-unsaturated/α-hetero) is 1. The molecule has 9 heteroatoms. The summed E-state index contributed by atoms with van der Waals surface area (Å²) in [5, 5.41) is 0. The number of rotatable bonds is 1. The highest BCUT2D eigenvalue weighted by molar-refractivity contribution is 6.60. The zero-order valence-electron chi connectivity index (χ0n) is 15.6. The summed E-state index contributed by atoms with van der Waals surface area (Å²) in [6.07, 6.45) is 0.439. The molecule has 0 radical (unpaired) electrons. The lowest BCUT2D eigenvalue weighted by molar-refractivity contribution is 0.0140. The fourth-order valence-electron chi connectivity index (χ4n) is 3.19. The van der Waals surface area contributed by atoms with Crippen molar-refractivity contribution in [2.75, 3.05) is 26.2 Å². The van der Waals surface area contributed by atoms with Gasteiger partial charge >= 0.3 is 6.09 Å². The van der Waals surface area contributed by atoms with Crippen molar-refractivity contribution >= 4 is 41.0 Å². The fourth-order valence-corrected chi connectivity index (χ4v) is 3.59. The van der Waals surface area contributed by atoms with Crippen LogP contribution < -0.4 is 0 Å². The third-order valence-corrected chi connectivity index (χ3v) is 5.34. The Morgan fingerprint density at radius 3 is 2.33 bits per heavy atom. The number of piperazine rings is 1. The first-order chi connectivity index (χ1) is 12.5. The zero-order chi connectivity index (χ0) is 20.0. The molecule has 7 nitrogen and oxygen atoms in total. The van der Waals surface area contributed by atoms with Crippen LogP contribution in [-0.2, 0) is 11.2 Å². The maximum Gasteiger partial charge on any atom is 0.410 e. The van der Waals surface area contributed by atoms with Crippen molar-refractivity contribution in [1.29, 1.82) is 0 Å². The molecule has 1 fully saturated rings. The lowest BCUT2D eigenvalue weighted by Gasteiger charge is -2.35. The van der Waals surface area contributed by atoms with E-state index in [4.69, 9.17) is 27.9 Å². The van der Waals surface area contributed by atoms with E-state index in [0.29, 0.717) is 56.0 Å². The summed E-state index contributed by atoms with van der Waals surface area (Å²) in [4.78, 5) is 43.5. The monoisotopic (exact) mass is 415 g/mol. The Hall–Kier alpha value is -1.73. The molecule has 27 heavy (non-hydrogen) atoms. The number of ketones is 1. The van der Waals surface area contributed by atoms with Crippen molar-refractivity contribution in [2.45, 2.75) is 43.5 Å². The van der Waals surface area contributed by atoms with Crippen LogP contribution in [0.3, 0.4) is 0 Å². The zero-order valence-corrected chi connectivity index (χ0v) is 17.1. The fraction of sp³-hybridized carbons (Fsp3) is 0.611. The van der Waals surface area contributed by atoms with Gasteiger partial charge in [-0.25, -0.2) is 4.79 Å². The third kappa shape index (κ3) is 4.24. The van der Waals surface area contributed by atoms with Gasteiger partial charge in [0.1, 0.15) is 11.3 Å². The number of aromatic nitrogens is 1. The quantitative estimate of drug-likeness (QED) is 0.714. The minimum atomic E-state index is -1.44. The molecule has 2 amide bonds. The van der Waals surface area contributed by atoms with Crippen LogP contribution in [0.4, 0.5) is 4.79 Å². The number of aryl methyl sites for hydroxylation is 1. The molecule has 1 aromatic heterocycles. The van der Waals surface area contributed by atoms with Gasteiger partial charge in [-0.2, -0.15) is 0 Å². The second kappa shape index (κ2) is 7.02. The maximum atomic E-state index is 12.8. The topological polar surface area (TPSA) is 82.7 Å². The average molecular weight is 416 g/mol. The standard InChI is InChI=1S/C18H23Cl2N3O4/c1-17(2,3)27-16(26)23-8-6-22(7-9-23)15(25)13-10-11-12(21-13)4-5-18(19,20)14(11)24/h10,21H,4-9H2,1-3H3. The van der Waals surface area contributed by atoms with Crippen molar-refractivity contribution in [1.82, 2.24) is 14.8 Å². The molecule has 0 unspecified atom stereocenters.